The number of rotatable bonds is 5. The van der Waals surface area contributed by atoms with Crippen molar-refractivity contribution in [2.45, 2.75) is 4.90 Å². The summed E-state index contributed by atoms with van der Waals surface area (Å²) >= 11 is -1.81. The molecular weight excluding hydrogens is 296 g/mol. The summed E-state index contributed by atoms with van der Waals surface area (Å²) in [6.45, 7) is 0. The Morgan fingerprint density at radius 3 is 1.67 bits per heavy atom. The van der Waals surface area contributed by atoms with Gasteiger partial charge in [-0.15, -0.1) is 0 Å². The summed E-state index contributed by atoms with van der Waals surface area (Å²) in [5, 5.41) is 17.5. The zero-order valence-corrected chi connectivity index (χ0v) is 11.4. The van der Waals surface area contributed by atoms with E-state index in [4.69, 9.17) is 14.4 Å². The molecule has 0 amide bonds. The first-order valence-corrected chi connectivity index (χ1v) is 6.81. The fraction of sp³-hybridized carbons (Fsp3) is 0. The Morgan fingerprint density at radius 1 is 0.810 bits per heavy atom. The van der Waals surface area contributed by atoms with Crippen molar-refractivity contribution in [1.82, 2.24) is 0 Å². The van der Waals surface area contributed by atoms with Crippen LogP contribution >= 0.6 is 0 Å². The van der Waals surface area contributed by atoms with Crippen LogP contribution in [0.25, 0.3) is 0 Å². The lowest BCUT2D eigenvalue weighted by Gasteiger charge is -2.05. The highest BCUT2D eigenvalue weighted by molar-refractivity contribution is 7.80. The third kappa shape index (κ3) is 3.67. The number of aromatic carboxylic acids is 2. The molecule has 0 aromatic heterocycles. The van der Waals surface area contributed by atoms with Gasteiger partial charge in [-0.3, -0.25) is 0 Å². The number of carboxylic acids is 2. The van der Waals surface area contributed by atoms with Gasteiger partial charge >= 0.3 is 11.9 Å². The molecule has 0 aliphatic carbocycles. The topological polar surface area (TPSA) is 101 Å². The third-order valence-electron chi connectivity index (χ3n) is 2.57. The van der Waals surface area contributed by atoms with Gasteiger partial charge in [-0.1, -0.05) is 0 Å². The van der Waals surface area contributed by atoms with Gasteiger partial charge in [0, 0.05) is 0 Å². The minimum Gasteiger partial charge on any atom is -0.478 e. The maximum atomic E-state index is 11.9. The van der Waals surface area contributed by atoms with Crippen LogP contribution < -0.4 is 4.18 Å². The highest BCUT2D eigenvalue weighted by Crippen LogP contribution is 2.17. The molecule has 0 saturated heterocycles. The Balaban J connectivity index is 2.10. The van der Waals surface area contributed by atoms with E-state index in [0.717, 1.165) is 0 Å². The van der Waals surface area contributed by atoms with Crippen LogP contribution in [-0.2, 0) is 11.1 Å². The van der Waals surface area contributed by atoms with Gasteiger partial charge < -0.3 is 14.4 Å². The second-order valence-electron chi connectivity index (χ2n) is 3.98. The third-order valence-corrected chi connectivity index (χ3v) is 3.57. The second kappa shape index (κ2) is 6.19. The first kappa shape index (κ1) is 14.7. The molecule has 0 spiro atoms. The first-order valence-electron chi connectivity index (χ1n) is 5.74. The van der Waals surface area contributed by atoms with Crippen molar-refractivity contribution in [3.05, 3.63) is 59.7 Å². The summed E-state index contributed by atoms with van der Waals surface area (Å²) in [6.07, 6.45) is 0. The van der Waals surface area contributed by atoms with Gasteiger partial charge in [-0.05, 0) is 48.5 Å². The van der Waals surface area contributed by atoms with Crippen LogP contribution in [0, 0.1) is 0 Å². The minimum absolute atomic E-state index is 0.0848. The Morgan fingerprint density at radius 2 is 1.24 bits per heavy atom. The predicted octanol–water partition coefficient (Wildman–Crippen LogP) is 2.18. The quantitative estimate of drug-likeness (QED) is 0.878. The summed E-state index contributed by atoms with van der Waals surface area (Å²) in [7, 11) is 0. The highest BCUT2D eigenvalue weighted by atomic mass is 32.2. The lowest BCUT2D eigenvalue weighted by molar-refractivity contribution is 0.0686. The number of hydrogen-bond donors (Lipinski definition) is 2. The fourth-order valence-corrected chi connectivity index (χ4v) is 2.24. The molecule has 2 rings (SSSR count). The maximum absolute atomic E-state index is 11.9. The van der Waals surface area contributed by atoms with Gasteiger partial charge in [0.1, 0.15) is 5.75 Å². The van der Waals surface area contributed by atoms with Gasteiger partial charge in [-0.2, -0.15) is 0 Å². The second-order valence-corrected chi connectivity index (χ2v) is 5.08. The van der Waals surface area contributed by atoms with Crippen molar-refractivity contribution in [3.63, 3.8) is 0 Å². The van der Waals surface area contributed by atoms with Gasteiger partial charge in [0.05, 0.1) is 16.0 Å². The number of carbonyl (C=O) groups is 2. The molecule has 2 aromatic rings. The SMILES string of the molecule is O=C(O)c1ccc(OS(=O)c2ccc(C(=O)O)cc2)cc1. The molecule has 108 valence electrons. The molecule has 6 nitrogen and oxygen atoms in total. The van der Waals surface area contributed by atoms with E-state index in [1.54, 1.807) is 0 Å². The molecule has 21 heavy (non-hydrogen) atoms. The standard InChI is InChI=1S/C14H10O6S/c15-13(16)9-1-5-11(6-2-9)20-21(19)12-7-3-10(4-8-12)14(17)18/h1-8H,(H,15,16)(H,17,18). The van der Waals surface area contributed by atoms with E-state index in [9.17, 15) is 13.8 Å². The summed E-state index contributed by atoms with van der Waals surface area (Å²) in [4.78, 5) is 21.7. The van der Waals surface area contributed by atoms with Crippen LogP contribution in [0.3, 0.4) is 0 Å². The van der Waals surface area contributed by atoms with Crippen molar-refractivity contribution < 1.29 is 28.2 Å². The van der Waals surface area contributed by atoms with Crippen LogP contribution in [0.15, 0.2) is 53.4 Å². The summed E-state index contributed by atoms with van der Waals surface area (Å²) < 4.78 is 17.1. The molecule has 2 N–H and O–H groups in total. The average molecular weight is 306 g/mol. The number of benzene rings is 2. The Kier molecular flexibility index (Phi) is 4.34. The van der Waals surface area contributed by atoms with Gasteiger partial charge in [0.2, 0.25) is 11.1 Å². The molecule has 0 aliphatic rings. The molecule has 0 heterocycles. The zero-order valence-electron chi connectivity index (χ0n) is 10.6. The molecule has 0 saturated carbocycles. The van der Waals surface area contributed by atoms with E-state index >= 15 is 0 Å². The van der Waals surface area contributed by atoms with Gasteiger partial charge in [0.25, 0.3) is 0 Å². The van der Waals surface area contributed by atoms with Crippen molar-refractivity contribution >= 4 is 23.0 Å². The smallest absolute Gasteiger partial charge is 0.335 e. The lowest BCUT2D eigenvalue weighted by Crippen LogP contribution is -2.03. The van der Waals surface area contributed by atoms with Gasteiger partial charge in [-0.25, -0.2) is 13.8 Å². The molecule has 7 heteroatoms. The van der Waals surface area contributed by atoms with Crippen LogP contribution in [0.2, 0.25) is 0 Å². The van der Waals surface area contributed by atoms with E-state index < -0.39 is 23.0 Å². The normalized spacial score (nSPS) is 11.6. The van der Waals surface area contributed by atoms with Crippen molar-refractivity contribution in [3.8, 4) is 5.75 Å². The average Bonchev–Trinajstić information content (AvgIpc) is 2.47. The Bertz CT molecular complexity index is 690. The largest absolute Gasteiger partial charge is 0.478 e. The number of carboxylic acid groups (broad SMARTS) is 2. The van der Waals surface area contributed by atoms with Crippen LogP contribution in [0.4, 0.5) is 0 Å². The molecule has 1 atom stereocenters. The van der Waals surface area contributed by atoms with Crippen LogP contribution in [0.1, 0.15) is 20.7 Å². The first-order chi connectivity index (χ1) is 9.97. The Hall–Kier alpha value is -2.67. The molecule has 0 radical (unpaired) electrons. The molecule has 0 fully saturated rings. The monoisotopic (exact) mass is 306 g/mol. The van der Waals surface area contributed by atoms with Gasteiger partial charge in [0.15, 0.2) is 0 Å². The van der Waals surface area contributed by atoms with Crippen LogP contribution in [0.5, 0.6) is 5.75 Å². The predicted molar refractivity (Wildman–Crippen MR) is 73.8 cm³/mol. The van der Waals surface area contributed by atoms with Crippen molar-refractivity contribution in [2.24, 2.45) is 0 Å². The summed E-state index contributed by atoms with van der Waals surface area (Å²) in [6, 6.07) is 10.9. The highest BCUT2D eigenvalue weighted by Gasteiger charge is 2.09. The van der Waals surface area contributed by atoms with E-state index in [0.29, 0.717) is 4.90 Å². The molecule has 0 aliphatic heterocycles. The lowest BCUT2D eigenvalue weighted by atomic mass is 10.2. The van der Waals surface area contributed by atoms with Crippen molar-refractivity contribution in [2.75, 3.05) is 0 Å². The Labute approximate surface area is 122 Å². The van der Waals surface area contributed by atoms with E-state index in [2.05, 4.69) is 0 Å². The minimum atomic E-state index is -1.81. The van der Waals surface area contributed by atoms with E-state index in [1.807, 2.05) is 0 Å². The summed E-state index contributed by atoms with van der Waals surface area (Å²) in [5.41, 5.74) is 0.181. The molecule has 1 unspecified atom stereocenters. The van der Waals surface area contributed by atoms with E-state index in [-0.39, 0.29) is 16.9 Å². The van der Waals surface area contributed by atoms with E-state index in [1.165, 1.54) is 48.5 Å². The maximum Gasteiger partial charge on any atom is 0.335 e. The van der Waals surface area contributed by atoms with Crippen LogP contribution in [-0.4, -0.2) is 26.4 Å². The molecular formula is C14H10O6S. The van der Waals surface area contributed by atoms with Crippen molar-refractivity contribution in [1.29, 1.82) is 0 Å². The zero-order chi connectivity index (χ0) is 15.4. The fourth-order valence-electron chi connectivity index (χ4n) is 1.50. The summed E-state index contributed by atoms with van der Waals surface area (Å²) in [5.74, 6) is -1.88. The molecule has 0 bridgehead atoms. The molecule has 2 aromatic carbocycles. The number of hydrogen-bond acceptors (Lipinski definition) is 4.